The van der Waals surface area contributed by atoms with E-state index in [1.165, 1.54) is 18.4 Å². The number of aromatic nitrogens is 1. The monoisotopic (exact) mass is 656 g/mol. The van der Waals surface area contributed by atoms with E-state index in [-0.39, 0.29) is 24.8 Å². The number of hydrogen-bond acceptors (Lipinski definition) is 8. The molecule has 2 fully saturated rings. The first-order valence-corrected chi connectivity index (χ1v) is 16.5. The predicted molar refractivity (Wildman–Crippen MR) is 171 cm³/mol. The number of rotatable bonds is 5. The molecule has 3 aromatic rings. The van der Waals surface area contributed by atoms with Gasteiger partial charge in [0.1, 0.15) is 23.7 Å². The van der Waals surface area contributed by atoms with Crippen LogP contribution in [-0.2, 0) is 19.1 Å². The van der Waals surface area contributed by atoms with Gasteiger partial charge < -0.3 is 25.0 Å². The average Bonchev–Trinajstić information content (AvgIpc) is 3.32. The number of allylic oxidation sites excluding steroid dienone is 1. The fourth-order valence-corrected chi connectivity index (χ4v) is 7.33. The highest BCUT2D eigenvalue weighted by molar-refractivity contribution is 7.20. The fourth-order valence-electron chi connectivity index (χ4n) is 6.15. The molecule has 6 rings (SSSR count). The standard InChI is InChI=1S/C32H34Cl2N4O5S/c1-42-30(41)32-17-19(32)9-5-3-2-4-6-11-25(35-20-13-14-22(33)23(34)15-20)29(40)38-18-21(16-26(38)28(39)37-32)43-31-36-24-10-7-8-12-27(24)44-31/h5,7-10,12-15,19,21,25-26,35H,2-4,6,11,16-18H2,1H3,(H,37,39)/t19-,21-,25+,26+,32-/m1/s1. The number of benzene rings is 2. The maximum absolute atomic E-state index is 14.3. The number of fused-ring (bicyclic) bond motifs is 3. The fraction of sp³-hybridized carbons (Fsp3) is 0.438. The van der Waals surface area contributed by atoms with Crippen LogP contribution < -0.4 is 15.4 Å². The summed E-state index contributed by atoms with van der Waals surface area (Å²) in [4.78, 5) is 47.4. The SMILES string of the molecule is COC(=O)[C@@]12C[C@H]1C=CCCCCC[C@H](Nc1ccc(Cl)c(Cl)c1)C(=O)N1C[C@H](Oc3nc4ccccc4s3)C[C@H]1C(=O)N2. The highest BCUT2D eigenvalue weighted by Gasteiger charge is 2.62. The van der Waals surface area contributed by atoms with Crippen LogP contribution in [0, 0.1) is 5.92 Å². The summed E-state index contributed by atoms with van der Waals surface area (Å²) in [6.45, 7) is 0.195. The number of methoxy groups -OCH3 is 1. The van der Waals surface area contributed by atoms with Gasteiger partial charge in [0.25, 0.3) is 5.19 Å². The molecule has 0 unspecified atom stereocenters. The van der Waals surface area contributed by atoms with E-state index in [0.29, 0.717) is 33.8 Å². The first-order valence-electron chi connectivity index (χ1n) is 14.9. The van der Waals surface area contributed by atoms with Crippen molar-refractivity contribution < 1.29 is 23.9 Å². The molecular formula is C32H34Cl2N4O5S. The molecule has 1 aromatic heterocycles. The Balaban J connectivity index is 1.30. The number of carbonyl (C=O) groups excluding carboxylic acids is 3. The summed E-state index contributed by atoms with van der Waals surface area (Å²) in [5.74, 6) is -1.27. The summed E-state index contributed by atoms with van der Waals surface area (Å²) in [5.41, 5.74) is 0.348. The normalized spacial score (nSPS) is 27.5. The summed E-state index contributed by atoms with van der Waals surface area (Å²) in [6.07, 6.45) is 8.40. The zero-order valence-corrected chi connectivity index (χ0v) is 26.6. The van der Waals surface area contributed by atoms with Crippen LogP contribution in [-0.4, -0.2) is 65.0 Å². The lowest BCUT2D eigenvalue weighted by Crippen LogP contribution is -2.55. The van der Waals surface area contributed by atoms with E-state index >= 15 is 0 Å². The van der Waals surface area contributed by atoms with Crippen molar-refractivity contribution in [3.05, 3.63) is 64.7 Å². The maximum atomic E-state index is 14.3. The van der Waals surface area contributed by atoms with Crippen LogP contribution in [0.25, 0.3) is 10.2 Å². The van der Waals surface area contributed by atoms with Crippen LogP contribution in [0.4, 0.5) is 5.69 Å². The Hall–Kier alpha value is -3.34. The number of halogens is 2. The summed E-state index contributed by atoms with van der Waals surface area (Å²) in [7, 11) is 1.32. The number of anilines is 1. The molecule has 232 valence electrons. The van der Waals surface area contributed by atoms with Crippen molar-refractivity contribution in [3.63, 3.8) is 0 Å². The highest BCUT2D eigenvalue weighted by atomic mass is 35.5. The topological polar surface area (TPSA) is 110 Å². The third kappa shape index (κ3) is 6.39. The van der Waals surface area contributed by atoms with Gasteiger partial charge in [-0.1, -0.05) is 71.7 Å². The molecule has 2 N–H and O–H groups in total. The van der Waals surface area contributed by atoms with Crippen molar-refractivity contribution in [2.75, 3.05) is 19.0 Å². The van der Waals surface area contributed by atoms with Gasteiger partial charge >= 0.3 is 5.97 Å². The Bertz CT molecular complexity index is 1560. The summed E-state index contributed by atoms with van der Waals surface area (Å²) < 4.78 is 12.4. The molecule has 2 amide bonds. The average molecular weight is 658 g/mol. The first-order chi connectivity index (χ1) is 21.3. The number of carbonyl (C=O) groups is 3. The Labute approximate surface area is 269 Å². The molecule has 1 saturated heterocycles. The van der Waals surface area contributed by atoms with E-state index in [0.717, 1.165) is 35.9 Å². The van der Waals surface area contributed by atoms with Crippen molar-refractivity contribution in [2.45, 2.75) is 68.7 Å². The molecule has 3 aliphatic rings. The summed E-state index contributed by atoms with van der Waals surface area (Å²) in [6, 6.07) is 11.4. The molecular weight excluding hydrogens is 623 g/mol. The molecule has 0 radical (unpaired) electrons. The summed E-state index contributed by atoms with van der Waals surface area (Å²) >= 11 is 13.8. The number of nitrogens with zero attached hydrogens (tertiary/aromatic N) is 2. The number of nitrogens with one attached hydrogen (secondary N) is 2. The maximum Gasteiger partial charge on any atom is 0.332 e. The molecule has 0 spiro atoms. The van der Waals surface area contributed by atoms with E-state index in [1.807, 2.05) is 30.3 Å². The lowest BCUT2D eigenvalue weighted by molar-refractivity contribution is -0.148. The molecule has 5 atom stereocenters. The molecule has 2 aromatic carbocycles. The van der Waals surface area contributed by atoms with Gasteiger partial charge in [-0.15, -0.1) is 0 Å². The quantitative estimate of drug-likeness (QED) is 0.256. The molecule has 3 heterocycles. The van der Waals surface area contributed by atoms with Gasteiger partial charge in [0.2, 0.25) is 11.8 Å². The van der Waals surface area contributed by atoms with Crippen molar-refractivity contribution in [1.82, 2.24) is 15.2 Å². The Morgan fingerprint density at radius 3 is 2.77 bits per heavy atom. The Morgan fingerprint density at radius 1 is 1.14 bits per heavy atom. The third-order valence-corrected chi connectivity index (χ3v) is 10.3. The van der Waals surface area contributed by atoms with Crippen LogP contribution >= 0.6 is 34.5 Å². The zero-order valence-electron chi connectivity index (χ0n) is 24.3. The molecule has 2 aliphatic heterocycles. The number of amides is 2. The van der Waals surface area contributed by atoms with E-state index in [1.54, 1.807) is 23.1 Å². The molecule has 44 heavy (non-hydrogen) atoms. The Morgan fingerprint density at radius 2 is 1.98 bits per heavy atom. The second-order valence-electron chi connectivity index (χ2n) is 11.6. The van der Waals surface area contributed by atoms with E-state index in [9.17, 15) is 14.4 Å². The number of ether oxygens (including phenoxy) is 2. The number of para-hydroxylation sites is 1. The van der Waals surface area contributed by atoms with Crippen LogP contribution in [0.15, 0.2) is 54.6 Å². The van der Waals surface area contributed by atoms with Crippen LogP contribution in [0.2, 0.25) is 10.0 Å². The van der Waals surface area contributed by atoms with E-state index in [4.69, 9.17) is 32.7 Å². The number of hydrogen-bond donors (Lipinski definition) is 2. The number of thiazole rings is 1. The van der Waals surface area contributed by atoms with Gasteiger partial charge in [-0.05, 0) is 56.0 Å². The first kappa shape index (κ1) is 30.7. The predicted octanol–water partition coefficient (Wildman–Crippen LogP) is 6.00. The summed E-state index contributed by atoms with van der Waals surface area (Å²) in [5, 5.41) is 7.61. The zero-order chi connectivity index (χ0) is 30.8. The number of esters is 1. The van der Waals surface area contributed by atoms with Crippen molar-refractivity contribution >= 4 is 68.2 Å². The van der Waals surface area contributed by atoms with Gasteiger partial charge in [-0.2, -0.15) is 0 Å². The molecule has 1 aliphatic carbocycles. The van der Waals surface area contributed by atoms with Crippen LogP contribution in [0.1, 0.15) is 44.9 Å². The van der Waals surface area contributed by atoms with Gasteiger partial charge in [-0.25, -0.2) is 9.78 Å². The minimum atomic E-state index is -1.14. The molecule has 12 heteroatoms. The molecule has 0 bridgehead atoms. The van der Waals surface area contributed by atoms with Gasteiger partial charge in [0, 0.05) is 18.0 Å². The van der Waals surface area contributed by atoms with Gasteiger partial charge in [0.15, 0.2) is 0 Å². The smallest absolute Gasteiger partial charge is 0.332 e. The second-order valence-corrected chi connectivity index (χ2v) is 13.4. The van der Waals surface area contributed by atoms with Crippen molar-refractivity contribution in [3.8, 4) is 5.19 Å². The van der Waals surface area contributed by atoms with Crippen molar-refractivity contribution in [1.29, 1.82) is 0 Å². The Kier molecular flexibility index (Phi) is 9.03. The van der Waals surface area contributed by atoms with Crippen LogP contribution in [0.5, 0.6) is 5.19 Å². The minimum Gasteiger partial charge on any atom is -0.467 e. The van der Waals surface area contributed by atoms with Crippen molar-refractivity contribution in [2.24, 2.45) is 5.92 Å². The molecule has 1 saturated carbocycles. The highest BCUT2D eigenvalue weighted by Crippen LogP contribution is 2.46. The van der Waals surface area contributed by atoms with Gasteiger partial charge in [0.05, 0.1) is 33.9 Å². The largest absolute Gasteiger partial charge is 0.467 e. The van der Waals surface area contributed by atoms with E-state index in [2.05, 4.69) is 21.7 Å². The lowest BCUT2D eigenvalue weighted by Gasteiger charge is -2.30. The minimum absolute atomic E-state index is 0.159. The second kappa shape index (κ2) is 12.9. The van der Waals surface area contributed by atoms with E-state index < -0.39 is 35.6 Å². The lowest BCUT2D eigenvalue weighted by atomic mass is 10.0. The van der Waals surface area contributed by atoms with Crippen LogP contribution in [0.3, 0.4) is 0 Å². The third-order valence-electron chi connectivity index (χ3n) is 8.59. The molecule has 9 nitrogen and oxygen atoms in total. The van der Waals surface area contributed by atoms with Gasteiger partial charge in [-0.3, -0.25) is 9.59 Å².